The Kier molecular flexibility index (Phi) is 8.07. The third-order valence-corrected chi connectivity index (χ3v) is 5.92. The third-order valence-electron chi connectivity index (χ3n) is 4.98. The van der Waals surface area contributed by atoms with E-state index >= 15 is 0 Å². The lowest BCUT2D eigenvalue weighted by molar-refractivity contribution is -0.129. The molecule has 1 aliphatic rings. The van der Waals surface area contributed by atoms with Crippen molar-refractivity contribution < 1.29 is 9.21 Å². The number of likely N-dealkylation sites (tertiary alicyclic amines) is 1. The van der Waals surface area contributed by atoms with E-state index in [1.54, 1.807) is 12.5 Å². The molecule has 3 heterocycles. The number of nitrogens with zero attached hydrogens (tertiary/aromatic N) is 2. The molecule has 1 amide bonds. The molecular formula is C20H23Cl2N3O2S. The van der Waals surface area contributed by atoms with Crippen molar-refractivity contribution >= 4 is 42.1 Å². The van der Waals surface area contributed by atoms with Gasteiger partial charge in [0.15, 0.2) is 0 Å². The average molecular weight is 440 g/mol. The minimum absolute atomic E-state index is 0. The van der Waals surface area contributed by atoms with Crippen LogP contribution >= 0.6 is 36.2 Å². The number of hydrogen-bond donors (Lipinski definition) is 1. The van der Waals surface area contributed by atoms with Crippen LogP contribution in [0.1, 0.15) is 17.2 Å². The molecule has 3 aromatic rings. The molecule has 1 fully saturated rings. The van der Waals surface area contributed by atoms with Crippen LogP contribution in [0, 0.1) is 5.92 Å². The van der Waals surface area contributed by atoms with E-state index in [1.807, 2.05) is 34.5 Å². The number of halogens is 2. The molecule has 0 bridgehead atoms. The van der Waals surface area contributed by atoms with E-state index in [1.165, 1.54) is 16.9 Å². The normalized spacial score (nSPS) is 18.4. The van der Waals surface area contributed by atoms with Gasteiger partial charge in [-0.25, -0.2) is 4.98 Å². The lowest BCUT2D eigenvalue weighted by Gasteiger charge is -2.16. The summed E-state index contributed by atoms with van der Waals surface area (Å²) >= 11 is 1.53. The van der Waals surface area contributed by atoms with Crippen molar-refractivity contribution in [1.82, 2.24) is 9.88 Å². The first-order valence-corrected chi connectivity index (χ1v) is 9.62. The van der Waals surface area contributed by atoms with Crippen LogP contribution in [0.3, 0.4) is 0 Å². The van der Waals surface area contributed by atoms with Crippen molar-refractivity contribution in [2.45, 2.75) is 12.3 Å². The number of carbonyl (C=O) groups excluding carboxylic acids is 1. The summed E-state index contributed by atoms with van der Waals surface area (Å²) in [6.07, 6.45) is 3.62. The minimum atomic E-state index is 0. The van der Waals surface area contributed by atoms with Gasteiger partial charge in [0, 0.05) is 30.0 Å². The van der Waals surface area contributed by atoms with Crippen molar-refractivity contribution in [3.8, 4) is 10.6 Å². The number of thiazole rings is 1. The molecule has 28 heavy (non-hydrogen) atoms. The fourth-order valence-electron chi connectivity index (χ4n) is 3.57. The van der Waals surface area contributed by atoms with Gasteiger partial charge in [-0.2, -0.15) is 0 Å². The molecule has 2 N–H and O–H groups in total. The highest BCUT2D eigenvalue weighted by molar-refractivity contribution is 7.13. The fraction of sp³-hybridized carbons (Fsp3) is 0.300. The summed E-state index contributed by atoms with van der Waals surface area (Å²) in [6, 6.07) is 12.2. The van der Waals surface area contributed by atoms with Gasteiger partial charge in [-0.05, 0) is 24.1 Å². The second-order valence-corrected chi connectivity index (χ2v) is 7.50. The van der Waals surface area contributed by atoms with Gasteiger partial charge >= 0.3 is 0 Å². The van der Waals surface area contributed by atoms with Crippen LogP contribution < -0.4 is 5.73 Å². The predicted molar refractivity (Wildman–Crippen MR) is 116 cm³/mol. The molecule has 0 radical (unpaired) electrons. The predicted octanol–water partition coefficient (Wildman–Crippen LogP) is 3.99. The molecule has 2 atom stereocenters. The van der Waals surface area contributed by atoms with Crippen LogP contribution in [-0.2, 0) is 11.2 Å². The van der Waals surface area contributed by atoms with Crippen molar-refractivity contribution in [1.29, 1.82) is 0 Å². The molecule has 0 saturated carbocycles. The Morgan fingerprint density at radius 2 is 2.00 bits per heavy atom. The summed E-state index contributed by atoms with van der Waals surface area (Å²) in [5.41, 5.74) is 8.99. The third kappa shape index (κ3) is 4.75. The fourth-order valence-corrected chi connectivity index (χ4v) is 4.37. The van der Waals surface area contributed by atoms with Gasteiger partial charge < -0.3 is 15.1 Å². The maximum atomic E-state index is 12.8. The summed E-state index contributed by atoms with van der Waals surface area (Å²) < 4.78 is 5.10. The van der Waals surface area contributed by atoms with Gasteiger partial charge in [0.2, 0.25) is 5.91 Å². The Morgan fingerprint density at radius 3 is 2.68 bits per heavy atom. The molecule has 5 nitrogen and oxygen atoms in total. The van der Waals surface area contributed by atoms with Gasteiger partial charge in [-0.15, -0.1) is 36.2 Å². The standard InChI is InChI=1S/C20H21N3O2S.2ClH/c21-9-16-10-23(11-18(16)14-4-2-1-3-5-14)19(24)8-17-13-26-20(22-17)15-6-7-25-12-15;;/h1-7,12-13,16,18H,8-11,21H2;2*1H/t16-,18+;;/m1../s1. The van der Waals surface area contributed by atoms with Gasteiger partial charge in [0.25, 0.3) is 0 Å². The SMILES string of the molecule is Cl.Cl.NC[C@@H]1CN(C(=O)Cc2csc(-c3ccoc3)n2)C[C@H]1c1ccccc1. The number of aromatic nitrogens is 1. The zero-order valence-corrected chi connectivity index (χ0v) is 17.6. The Balaban J connectivity index is 0.00000140. The van der Waals surface area contributed by atoms with Crippen LogP contribution in [0.25, 0.3) is 10.6 Å². The second kappa shape index (κ2) is 10.1. The van der Waals surface area contributed by atoms with Gasteiger partial charge in [0.05, 0.1) is 18.4 Å². The molecule has 1 saturated heterocycles. The van der Waals surface area contributed by atoms with Crippen molar-refractivity contribution in [2.24, 2.45) is 11.7 Å². The zero-order chi connectivity index (χ0) is 17.9. The van der Waals surface area contributed by atoms with Gasteiger partial charge in [-0.3, -0.25) is 4.79 Å². The highest BCUT2D eigenvalue weighted by Gasteiger charge is 2.35. The van der Waals surface area contributed by atoms with Gasteiger partial charge in [-0.1, -0.05) is 30.3 Å². The van der Waals surface area contributed by atoms with Crippen LogP contribution in [0.2, 0.25) is 0 Å². The van der Waals surface area contributed by atoms with Crippen LogP contribution in [0.15, 0.2) is 58.7 Å². The summed E-state index contributed by atoms with van der Waals surface area (Å²) in [4.78, 5) is 19.3. The largest absolute Gasteiger partial charge is 0.472 e. The van der Waals surface area contributed by atoms with E-state index in [0.717, 1.165) is 22.8 Å². The second-order valence-electron chi connectivity index (χ2n) is 6.64. The number of rotatable bonds is 5. The molecule has 150 valence electrons. The van der Waals surface area contributed by atoms with Crippen molar-refractivity contribution in [3.63, 3.8) is 0 Å². The highest BCUT2D eigenvalue weighted by Crippen LogP contribution is 2.32. The molecule has 0 unspecified atom stereocenters. The maximum Gasteiger partial charge on any atom is 0.228 e. The first-order valence-electron chi connectivity index (χ1n) is 8.74. The summed E-state index contributed by atoms with van der Waals surface area (Å²) in [6.45, 7) is 2.03. The molecule has 0 spiro atoms. The highest BCUT2D eigenvalue weighted by atomic mass is 35.5. The molecule has 0 aliphatic carbocycles. The maximum absolute atomic E-state index is 12.8. The first kappa shape index (κ1) is 22.4. The van der Waals surface area contributed by atoms with Crippen LogP contribution in [0.5, 0.6) is 0 Å². The molecular weight excluding hydrogens is 417 g/mol. The first-order chi connectivity index (χ1) is 12.7. The van der Waals surface area contributed by atoms with Crippen LogP contribution in [-0.4, -0.2) is 35.4 Å². The summed E-state index contributed by atoms with van der Waals surface area (Å²) in [5.74, 6) is 0.728. The lowest BCUT2D eigenvalue weighted by atomic mass is 9.89. The van der Waals surface area contributed by atoms with E-state index in [4.69, 9.17) is 10.2 Å². The number of benzene rings is 1. The Hall–Kier alpha value is -1.86. The molecule has 1 aliphatic heterocycles. The number of amides is 1. The zero-order valence-electron chi connectivity index (χ0n) is 15.2. The number of carbonyl (C=O) groups is 1. The molecule has 1 aromatic carbocycles. The van der Waals surface area contributed by atoms with E-state index in [9.17, 15) is 4.79 Å². The molecule has 2 aromatic heterocycles. The Bertz CT molecular complexity index is 871. The lowest BCUT2D eigenvalue weighted by Crippen LogP contribution is -2.31. The average Bonchev–Trinajstić information content (AvgIpc) is 3.41. The molecule has 8 heteroatoms. The number of furan rings is 1. The smallest absolute Gasteiger partial charge is 0.228 e. The van der Waals surface area contributed by atoms with E-state index in [-0.39, 0.29) is 30.7 Å². The summed E-state index contributed by atoms with van der Waals surface area (Å²) in [7, 11) is 0. The monoisotopic (exact) mass is 439 g/mol. The van der Waals surface area contributed by atoms with E-state index in [0.29, 0.717) is 31.3 Å². The quantitative estimate of drug-likeness (QED) is 0.651. The van der Waals surface area contributed by atoms with E-state index in [2.05, 4.69) is 17.1 Å². The number of hydrogen-bond acceptors (Lipinski definition) is 5. The minimum Gasteiger partial charge on any atom is -0.472 e. The Morgan fingerprint density at radius 1 is 1.21 bits per heavy atom. The van der Waals surface area contributed by atoms with E-state index < -0.39 is 0 Å². The summed E-state index contributed by atoms with van der Waals surface area (Å²) in [5, 5.41) is 2.83. The molecule has 4 rings (SSSR count). The topological polar surface area (TPSA) is 72.4 Å². The number of nitrogens with two attached hydrogens (primary N) is 1. The Labute approximate surface area is 180 Å². The van der Waals surface area contributed by atoms with Crippen molar-refractivity contribution in [3.05, 3.63) is 65.6 Å². The van der Waals surface area contributed by atoms with Gasteiger partial charge in [0.1, 0.15) is 11.3 Å². The van der Waals surface area contributed by atoms with Crippen LogP contribution in [0.4, 0.5) is 0 Å². The van der Waals surface area contributed by atoms with Crippen molar-refractivity contribution in [2.75, 3.05) is 19.6 Å².